The molecule has 0 saturated carbocycles. The van der Waals surface area contributed by atoms with Crippen molar-refractivity contribution in [1.29, 1.82) is 0 Å². The molecule has 0 saturated heterocycles. The van der Waals surface area contributed by atoms with Gasteiger partial charge in [0.1, 0.15) is 0 Å². The highest BCUT2D eigenvalue weighted by molar-refractivity contribution is 7.80. The Balaban J connectivity index is 2.84. The predicted octanol–water partition coefficient (Wildman–Crippen LogP) is 2.29. The molecule has 0 rings (SSSR count). The van der Waals surface area contributed by atoms with Crippen LogP contribution in [0, 0.1) is 0 Å². The molecule has 0 amide bonds. The van der Waals surface area contributed by atoms with Crippen LogP contribution in [-0.4, -0.2) is 19.0 Å². The maximum Gasteiger partial charge on any atom is 0.0502 e. The van der Waals surface area contributed by atoms with E-state index in [2.05, 4.69) is 19.2 Å². The summed E-state index contributed by atoms with van der Waals surface area (Å²) in [6.45, 7) is 7.43. The quantitative estimate of drug-likeness (QED) is 0.356. The zero-order chi connectivity index (χ0) is 7.82. The second kappa shape index (κ2) is 7.16. The molecule has 0 aliphatic rings. The van der Waals surface area contributed by atoms with Gasteiger partial charge in [0.05, 0.1) is 6.61 Å². The molecule has 0 aliphatic heterocycles. The number of rotatable bonds is 6. The minimum Gasteiger partial charge on any atom is -0.381 e. The third-order valence-corrected chi connectivity index (χ3v) is 1.44. The van der Waals surface area contributed by atoms with Gasteiger partial charge in [-0.15, -0.1) is 6.58 Å². The standard InChI is InChI=1S/C8H16OS/c1-8(2)4-6-9-5-3-7-10/h10H,1,3-7H2,2H3. The Morgan fingerprint density at radius 3 is 2.70 bits per heavy atom. The van der Waals surface area contributed by atoms with Gasteiger partial charge in [-0.2, -0.15) is 12.6 Å². The summed E-state index contributed by atoms with van der Waals surface area (Å²) < 4.78 is 5.28. The molecule has 0 atom stereocenters. The second-order valence-electron chi connectivity index (χ2n) is 2.40. The van der Waals surface area contributed by atoms with Gasteiger partial charge in [-0.05, 0) is 25.5 Å². The van der Waals surface area contributed by atoms with Crippen molar-refractivity contribution in [3.05, 3.63) is 12.2 Å². The number of hydrogen-bond acceptors (Lipinski definition) is 2. The Hall–Kier alpha value is 0.0500. The van der Waals surface area contributed by atoms with Crippen LogP contribution in [0.15, 0.2) is 12.2 Å². The Kier molecular flexibility index (Phi) is 7.20. The van der Waals surface area contributed by atoms with Crippen LogP contribution in [0.3, 0.4) is 0 Å². The molecule has 0 aromatic heterocycles. The van der Waals surface area contributed by atoms with Crippen molar-refractivity contribution >= 4 is 12.6 Å². The van der Waals surface area contributed by atoms with E-state index >= 15 is 0 Å². The van der Waals surface area contributed by atoms with Gasteiger partial charge in [0, 0.05) is 6.61 Å². The van der Waals surface area contributed by atoms with Crippen LogP contribution >= 0.6 is 12.6 Å². The lowest BCUT2D eigenvalue weighted by Gasteiger charge is -2.01. The Labute approximate surface area is 68.9 Å². The third kappa shape index (κ3) is 8.05. The number of thiol groups is 1. The van der Waals surface area contributed by atoms with Gasteiger partial charge in [-0.3, -0.25) is 0 Å². The van der Waals surface area contributed by atoms with E-state index in [1.54, 1.807) is 0 Å². The van der Waals surface area contributed by atoms with Crippen molar-refractivity contribution in [1.82, 2.24) is 0 Å². The largest absolute Gasteiger partial charge is 0.381 e. The smallest absolute Gasteiger partial charge is 0.0502 e. The molecule has 0 N–H and O–H groups in total. The first kappa shape index (κ1) is 10.0. The highest BCUT2D eigenvalue weighted by Gasteiger charge is 1.87. The van der Waals surface area contributed by atoms with Crippen LogP contribution in [0.4, 0.5) is 0 Å². The fraction of sp³-hybridized carbons (Fsp3) is 0.750. The summed E-state index contributed by atoms with van der Waals surface area (Å²) in [4.78, 5) is 0. The highest BCUT2D eigenvalue weighted by Crippen LogP contribution is 1.95. The fourth-order valence-electron chi connectivity index (χ4n) is 0.515. The molecule has 0 fully saturated rings. The average Bonchev–Trinajstić information content (AvgIpc) is 1.87. The van der Waals surface area contributed by atoms with E-state index in [4.69, 9.17) is 4.74 Å². The summed E-state index contributed by atoms with van der Waals surface area (Å²) in [6, 6.07) is 0. The predicted molar refractivity (Wildman–Crippen MR) is 48.7 cm³/mol. The van der Waals surface area contributed by atoms with Crippen LogP contribution in [0.1, 0.15) is 19.8 Å². The number of ether oxygens (including phenoxy) is 1. The zero-order valence-electron chi connectivity index (χ0n) is 6.60. The lowest BCUT2D eigenvalue weighted by molar-refractivity contribution is 0.138. The summed E-state index contributed by atoms with van der Waals surface area (Å²) in [5.41, 5.74) is 1.19. The van der Waals surface area contributed by atoms with Crippen molar-refractivity contribution in [2.45, 2.75) is 19.8 Å². The van der Waals surface area contributed by atoms with Gasteiger partial charge in [0.15, 0.2) is 0 Å². The molecule has 1 nitrogen and oxygen atoms in total. The van der Waals surface area contributed by atoms with Crippen molar-refractivity contribution in [2.24, 2.45) is 0 Å². The van der Waals surface area contributed by atoms with Gasteiger partial charge < -0.3 is 4.74 Å². The normalized spacial score (nSPS) is 9.80. The van der Waals surface area contributed by atoms with E-state index in [-0.39, 0.29) is 0 Å². The zero-order valence-corrected chi connectivity index (χ0v) is 7.49. The van der Waals surface area contributed by atoms with Crippen LogP contribution in [0.5, 0.6) is 0 Å². The minimum atomic E-state index is 0.809. The first-order chi connectivity index (χ1) is 4.77. The molecule has 0 unspecified atom stereocenters. The summed E-state index contributed by atoms with van der Waals surface area (Å²) in [7, 11) is 0. The van der Waals surface area contributed by atoms with Crippen molar-refractivity contribution in [2.75, 3.05) is 19.0 Å². The van der Waals surface area contributed by atoms with Crippen LogP contribution in [0.2, 0.25) is 0 Å². The second-order valence-corrected chi connectivity index (χ2v) is 2.84. The molecule has 0 heterocycles. The monoisotopic (exact) mass is 160 g/mol. The van der Waals surface area contributed by atoms with E-state index in [0.29, 0.717) is 0 Å². The topological polar surface area (TPSA) is 9.23 Å². The molecule has 60 valence electrons. The summed E-state index contributed by atoms with van der Waals surface area (Å²) in [5, 5.41) is 0. The average molecular weight is 160 g/mol. The molecule has 0 bridgehead atoms. The lowest BCUT2D eigenvalue weighted by atomic mass is 10.3. The molecule has 0 aromatic carbocycles. The Morgan fingerprint density at radius 2 is 2.20 bits per heavy atom. The molecular formula is C8H16OS. The maximum absolute atomic E-state index is 5.28. The molecule has 0 aromatic rings. The van der Waals surface area contributed by atoms with Gasteiger partial charge in [0.2, 0.25) is 0 Å². The van der Waals surface area contributed by atoms with E-state index in [1.807, 2.05) is 6.92 Å². The first-order valence-electron chi connectivity index (χ1n) is 3.60. The van der Waals surface area contributed by atoms with E-state index in [0.717, 1.165) is 31.8 Å². The maximum atomic E-state index is 5.28. The summed E-state index contributed by atoms with van der Waals surface area (Å²) in [6.07, 6.45) is 2.02. The van der Waals surface area contributed by atoms with E-state index < -0.39 is 0 Å². The van der Waals surface area contributed by atoms with Gasteiger partial charge >= 0.3 is 0 Å². The van der Waals surface area contributed by atoms with Gasteiger partial charge in [0.25, 0.3) is 0 Å². The van der Waals surface area contributed by atoms with Crippen LogP contribution in [0.25, 0.3) is 0 Å². The summed E-state index contributed by atoms with van der Waals surface area (Å²) >= 11 is 4.07. The van der Waals surface area contributed by atoms with Crippen LogP contribution < -0.4 is 0 Å². The minimum absolute atomic E-state index is 0.809. The van der Waals surface area contributed by atoms with Gasteiger partial charge in [-0.25, -0.2) is 0 Å². The Bertz CT molecular complexity index is 91.3. The molecular weight excluding hydrogens is 144 g/mol. The van der Waals surface area contributed by atoms with Crippen LogP contribution in [-0.2, 0) is 4.74 Å². The summed E-state index contributed by atoms with van der Waals surface area (Å²) in [5.74, 6) is 0.910. The molecule has 10 heavy (non-hydrogen) atoms. The first-order valence-corrected chi connectivity index (χ1v) is 4.23. The van der Waals surface area contributed by atoms with E-state index in [1.165, 1.54) is 5.57 Å². The molecule has 2 heteroatoms. The molecule has 0 spiro atoms. The van der Waals surface area contributed by atoms with Crippen molar-refractivity contribution in [3.8, 4) is 0 Å². The SMILES string of the molecule is C=C(C)CCOCCCS. The molecule has 0 aliphatic carbocycles. The third-order valence-electron chi connectivity index (χ3n) is 1.12. The lowest BCUT2D eigenvalue weighted by Crippen LogP contribution is -1.97. The number of hydrogen-bond donors (Lipinski definition) is 1. The Morgan fingerprint density at radius 1 is 1.50 bits per heavy atom. The highest BCUT2D eigenvalue weighted by atomic mass is 32.1. The van der Waals surface area contributed by atoms with E-state index in [9.17, 15) is 0 Å². The van der Waals surface area contributed by atoms with Crippen molar-refractivity contribution in [3.63, 3.8) is 0 Å². The fourth-order valence-corrected chi connectivity index (χ4v) is 0.644. The van der Waals surface area contributed by atoms with Crippen molar-refractivity contribution < 1.29 is 4.74 Å². The molecule has 0 radical (unpaired) electrons. The van der Waals surface area contributed by atoms with Gasteiger partial charge in [-0.1, -0.05) is 5.57 Å².